The molecule has 0 aromatic heterocycles. The maximum absolute atomic E-state index is 12.8. The molecule has 0 saturated carbocycles. The van der Waals surface area contributed by atoms with Crippen LogP contribution in [0.25, 0.3) is 10.8 Å². The van der Waals surface area contributed by atoms with E-state index in [1.54, 1.807) is 63.2 Å². The summed E-state index contributed by atoms with van der Waals surface area (Å²) < 4.78 is 67.7. The molecule has 5 aromatic rings. The van der Waals surface area contributed by atoms with E-state index in [4.69, 9.17) is 4.74 Å². The first-order valence-corrected chi connectivity index (χ1v) is 17.8. The minimum absolute atomic E-state index is 0.156. The number of methoxy groups -OCH3 is 1. The Hall–Kier alpha value is -5.02. The predicted molar refractivity (Wildman–Crippen MR) is 187 cm³/mol. The van der Waals surface area contributed by atoms with Crippen molar-refractivity contribution in [2.24, 2.45) is 10.2 Å². The molecule has 14 heteroatoms. The molecule has 5 rings (SSSR count). The largest absolute Gasteiger partial charge is 0.505 e. The molecular weight excluding hydrogens is 655 g/mol. The number of fused-ring (bicyclic) bond motifs is 1. The summed E-state index contributed by atoms with van der Waals surface area (Å²) in [4.78, 5) is -0.372. The van der Waals surface area contributed by atoms with E-state index < -0.39 is 25.0 Å². The number of nitrogens with one attached hydrogen (secondary N) is 2. The molecule has 0 saturated heterocycles. The number of nitrogens with zero attached hydrogens (tertiary/aromatic N) is 3. The number of para-hydroxylation sites is 1. The van der Waals surface area contributed by atoms with Crippen molar-refractivity contribution in [1.29, 1.82) is 0 Å². The van der Waals surface area contributed by atoms with Crippen molar-refractivity contribution in [3.63, 3.8) is 0 Å². The van der Waals surface area contributed by atoms with Gasteiger partial charge in [-0.15, -0.1) is 0 Å². The molecule has 0 amide bonds. The third-order valence-corrected chi connectivity index (χ3v) is 10.6. The van der Waals surface area contributed by atoms with Crippen molar-refractivity contribution >= 4 is 65.0 Å². The molecule has 5 aromatic carbocycles. The summed E-state index contributed by atoms with van der Waals surface area (Å²) in [6, 6.07) is 25.0. The number of phenolic OH excluding ortho intramolecular Hbond substituents is 1. The van der Waals surface area contributed by atoms with Crippen LogP contribution < -0.4 is 15.4 Å². The molecular formula is C34H35N5O7S2. The fourth-order valence-electron chi connectivity index (χ4n) is 5.15. The second-order valence-corrected chi connectivity index (χ2v) is 14.1. The Morgan fingerprint density at radius 2 is 1.50 bits per heavy atom. The van der Waals surface area contributed by atoms with Crippen molar-refractivity contribution in [2.75, 3.05) is 30.8 Å². The van der Waals surface area contributed by atoms with Gasteiger partial charge in [-0.05, 0) is 84.6 Å². The molecule has 250 valence electrons. The zero-order valence-corrected chi connectivity index (χ0v) is 28.3. The first kappa shape index (κ1) is 34.3. The fraction of sp³-hybridized carbons (Fsp3) is 0.176. The van der Waals surface area contributed by atoms with Gasteiger partial charge in [-0.3, -0.25) is 4.55 Å². The summed E-state index contributed by atoms with van der Waals surface area (Å²) in [7, 11) is -6.99. The van der Waals surface area contributed by atoms with E-state index in [0.29, 0.717) is 52.2 Å². The van der Waals surface area contributed by atoms with Gasteiger partial charge in [0.25, 0.3) is 10.1 Å². The average Bonchev–Trinajstić information content (AvgIpc) is 3.06. The van der Waals surface area contributed by atoms with E-state index in [1.165, 1.54) is 29.6 Å². The van der Waals surface area contributed by atoms with Gasteiger partial charge < -0.3 is 20.5 Å². The fourth-order valence-corrected chi connectivity index (χ4v) is 7.29. The van der Waals surface area contributed by atoms with Crippen molar-refractivity contribution in [3.8, 4) is 11.5 Å². The van der Waals surface area contributed by atoms with Crippen molar-refractivity contribution < 1.29 is 31.2 Å². The van der Waals surface area contributed by atoms with Gasteiger partial charge in [0.1, 0.15) is 22.1 Å². The van der Waals surface area contributed by atoms with Crippen LogP contribution in [0.4, 0.5) is 34.1 Å². The second kappa shape index (κ2) is 14.0. The maximum atomic E-state index is 12.8. The Morgan fingerprint density at radius 3 is 2.12 bits per heavy atom. The predicted octanol–water partition coefficient (Wildman–Crippen LogP) is 8.04. The first-order chi connectivity index (χ1) is 22.8. The third kappa shape index (κ3) is 7.26. The summed E-state index contributed by atoms with van der Waals surface area (Å²) in [5, 5.41) is 26.7. The molecule has 48 heavy (non-hydrogen) atoms. The molecule has 0 atom stereocenters. The van der Waals surface area contributed by atoms with Crippen molar-refractivity contribution in [3.05, 3.63) is 96.6 Å². The van der Waals surface area contributed by atoms with Gasteiger partial charge >= 0.3 is 0 Å². The molecule has 0 radical (unpaired) electrons. The second-order valence-electron chi connectivity index (χ2n) is 10.7. The van der Waals surface area contributed by atoms with E-state index >= 15 is 0 Å². The highest BCUT2D eigenvalue weighted by Gasteiger charge is 2.24. The average molecular weight is 690 g/mol. The van der Waals surface area contributed by atoms with Crippen molar-refractivity contribution in [2.45, 2.75) is 30.6 Å². The third-order valence-electron chi connectivity index (χ3n) is 7.65. The molecule has 0 aliphatic carbocycles. The number of anilines is 4. The number of benzene rings is 5. The Morgan fingerprint density at radius 1 is 0.812 bits per heavy atom. The molecule has 12 nitrogen and oxygen atoms in total. The quantitative estimate of drug-likeness (QED) is 0.0575. The molecule has 4 N–H and O–H groups in total. The van der Waals surface area contributed by atoms with Crippen LogP contribution in [-0.2, 0) is 20.1 Å². The number of ether oxygens (including phenoxy) is 1. The topological polar surface area (TPSA) is 170 Å². The number of hydrogen-bond acceptors (Lipinski definition) is 10. The number of sulfonamides is 1. The Balaban J connectivity index is 1.46. The van der Waals surface area contributed by atoms with Gasteiger partial charge in [-0.2, -0.15) is 23.0 Å². The first-order valence-electron chi connectivity index (χ1n) is 14.9. The molecule has 0 bridgehead atoms. The summed E-state index contributed by atoms with van der Waals surface area (Å²) in [6.07, 6.45) is 0. The molecule has 0 spiro atoms. The van der Waals surface area contributed by atoms with Crippen LogP contribution in [0.3, 0.4) is 0 Å². The Bertz CT molecular complexity index is 2210. The van der Waals surface area contributed by atoms with Gasteiger partial charge in [0.15, 0.2) is 0 Å². The summed E-state index contributed by atoms with van der Waals surface area (Å²) >= 11 is 0. The van der Waals surface area contributed by atoms with Crippen LogP contribution in [0.15, 0.2) is 111 Å². The maximum Gasteiger partial charge on any atom is 0.296 e. The van der Waals surface area contributed by atoms with Gasteiger partial charge in [0.05, 0.1) is 29.1 Å². The zero-order valence-electron chi connectivity index (χ0n) is 26.7. The van der Waals surface area contributed by atoms with Crippen LogP contribution in [0.5, 0.6) is 11.5 Å². The van der Waals surface area contributed by atoms with Crippen LogP contribution >= 0.6 is 0 Å². The number of rotatable bonds is 12. The van der Waals surface area contributed by atoms with Crippen LogP contribution in [-0.4, -0.2) is 51.0 Å². The lowest BCUT2D eigenvalue weighted by atomic mass is 10.1. The van der Waals surface area contributed by atoms with Crippen molar-refractivity contribution in [1.82, 2.24) is 4.31 Å². The van der Waals surface area contributed by atoms with Crippen LogP contribution in [0.2, 0.25) is 0 Å². The normalized spacial score (nSPS) is 12.1. The lowest BCUT2D eigenvalue weighted by molar-refractivity contribution is 0.416. The summed E-state index contributed by atoms with van der Waals surface area (Å²) in [5.74, 6) is -0.139. The Labute approximate surface area is 279 Å². The number of hydrogen-bond donors (Lipinski definition) is 4. The van der Waals surface area contributed by atoms with Crippen LogP contribution in [0.1, 0.15) is 19.4 Å². The summed E-state index contributed by atoms with van der Waals surface area (Å²) in [6.45, 7) is 6.03. The van der Waals surface area contributed by atoms with E-state index in [0.717, 1.165) is 5.69 Å². The number of azo groups is 1. The lowest BCUT2D eigenvalue weighted by Crippen LogP contribution is -2.30. The highest BCUT2D eigenvalue weighted by Crippen LogP contribution is 2.44. The monoisotopic (exact) mass is 689 g/mol. The van der Waals surface area contributed by atoms with Gasteiger partial charge in [-0.25, -0.2) is 8.42 Å². The molecule has 0 aliphatic rings. The highest BCUT2D eigenvalue weighted by molar-refractivity contribution is 7.89. The minimum atomic E-state index is -4.79. The minimum Gasteiger partial charge on any atom is -0.505 e. The smallest absolute Gasteiger partial charge is 0.296 e. The van der Waals surface area contributed by atoms with Crippen LogP contribution in [0, 0.1) is 6.92 Å². The molecule has 0 aliphatic heterocycles. The van der Waals surface area contributed by atoms with E-state index in [9.17, 15) is 26.5 Å². The molecule has 0 fully saturated rings. The standard InChI is InChI=1S/C34H35N5O7S2/c1-5-39(6-2)47(41,42)27-15-12-25(13-16-27)37-38-29-21-31(46-4)30(18-22(29)3)36-33-32(48(43,44)45)20-23-19-26(14-17-28(23)34(33)40)35-24-10-8-7-9-11-24/h7-21,35-36,40H,5-6H2,1-4H3,(H,43,44,45)/b38-37+. The summed E-state index contributed by atoms with van der Waals surface area (Å²) in [5.41, 5.74) is 3.00. The lowest BCUT2D eigenvalue weighted by Gasteiger charge is -2.18. The molecule has 0 unspecified atom stereocenters. The van der Waals surface area contributed by atoms with E-state index in [-0.39, 0.29) is 22.1 Å². The van der Waals surface area contributed by atoms with Gasteiger partial charge in [0, 0.05) is 35.9 Å². The van der Waals surface area contributed by atoms with E-state index in [2.05, 4.69) is 20.9 Å². The number of aromatic hydroxyl groups is 1. The highest BCUT2D eigenvalue weighted by atomic mass is 32.2. The Kier molecular flexibility index (Phi) is 10.0. The zero-order chi connectivity index (χ0) is 34.6. The molecule has 0 heterocycles. The number of aryl methyl sites for hydroxylation is 1. The van der Waals surface area contributed by atoms with E-state index in [1.807, 2.05) is 30.3 Å². The van der Waals surface area contributed by atoms with Gasteiger partial charge in [0.2, 0.25) is 10.0 Å². The number of phenols is 1. The SMILES string of the molecule is CCN(CC)S(=O)(=O)c1ccc(/N=N/c2cc(OC)c(Nc3c(S(=O)(=O)O)cc4cc(Nc5ccccc5)ccc4c3O)cc2C)cc1. The van der Waals surface area contributed by atoms with Gasteiger partial charge in [-0.1, -0.05) is 32.0 Å².